The van der Waals surface area contributed by atoms with E-state index in [-0.39, 0.29) is 11.3 Å². The van der Waals surface area contributed by atoms with Crippen LogP contribution in [0.15, 0.2) is 42.7 Å². The lowest BCUT2D eigenvalue weighted by Crippen LogP contribution is -2.40. The van der Waals surface area contributed by atoms with Crippen molar-refractivity contribution < 1.29 is 4.79 Å². The minimum Gasteiger partial charge on any atom is -0.348 e. The molecule has 0 atom stereocenters. The summed E-state index contributed by atoms with van der Waals surface area (Å²) >= 11 is 0. The van der Waals surface area contributed by atoms with E-state index in [2.05, 4.69) is 44.0 Å². The molecule has 1 N–H and O–H groups in total. The van der Waals surface area contributed by atoms with Crippen molar-refractivity contribution in [2.45, 2.75) is 32.4 Å². The summed E-state index contributed by atoms with van der Waals surface area (Å²) in [5, 5.41) is 3.14. The number of hydrogen-bond acceptors (Lipinski definition) is 3. The molecule has 5 nitrogen and oxygen atoms in total. The fraction of sp³-hybridized carbons (Fsp3) is 0.474. The first-order valence-corrected chi connectivity index (χ1v) is 8.80. The smallest absolute Gasteiger partial charge is 0.227 e. The molecule has 2 saturated heterocycles. The van der Waals surface area contributed by atoms with Gasteiger partial charge in [0.25, 0.3) is 0 Å². The third-order valence-corrected chi connectivity index (χ3v) is 5.51. The van der Waals surface area contributed by atoms with Crippen molar-refractivity contribution in [1.29, 1.82) is 0 Å². The first-order chi connectivity index (χ1) is 11.8. The zero-order valence-electron chi connectivity index (χ0n) is 13.9. The Balaban J connectivity index is 1.34. The molecule has 1 amide bonds. The van der Waals surface area contributed by atoms with Crippen LogP contribution in [-0.4, -0.2) is 40.0 Å². The SMILES string of the molecule is O=C(NCc1nccn1CCc1ccccc1)C12CCN(CC1)C2. The van der Waals surface area contributed by atoms with Crippen molar-refractivity contribution in [2.75, 3.05) is 19.6 Å². The number of aryl methyl sites for hydroxylation is 2. The summed E-state index contributed by atoms with van der Waals surface area (Å²) in [5.41, 5.74) is 1.18. The molecule has 0 unspecified atom stereocenters. The van der Waals surface area contributed by atoms with Crippen LogP contribution in [0.5, 0.6) is 0 Å². The number of hydrogen-bond donors (Lipinski definition) is 1. The van der Waals surface area contributed by atoms with E-state index in [1.54, 1.807) is 0 Å². The molecule has 3 heterocycles. The number of nitrogens with one attached hydrogen (secondary N) is 1. The standard InChI is InChI=1S/C19H24N4O/c24-18(19-7-11-22(15-19)12-8-19)21-14-17-20-9-13-23(17)10-6-16-4-2-1-3-5-16/h1-5,9,13H,6-8,10-12,14-15H2,(H,21,24). The lowest BCUT2D eigenvalue weighted by Gasteiger charge is -2.23. The number of piperidine rings is 1. The largest absolute Gasteiger partial charge is 0.348 e. The Hall–Kier alpha value is -2.14. The van der Waals surface area contributed by atoms with Crippen LogP contribution in [0, 0.1) is 5.41 Å². The Morgan fingerprint density at radius 1 is 1.21 bits per heavy atom. The molecule has 4 rings (SSSR count). The average Bonchev–Trinajstić information content (AvgIpc) is 3.35. The lowest BCUT2D eigenvalue weighted by atomic mass is 9.84. The molecule has 2 aliphatic rings. The van der Waals surface area contributed by atoms with E-state index in [1.165, 1.54) is 5.56 Å². The van der Waals surface area contributed by atoms with Crippen molar-refractivity contribution in [3.05, 3.63) is 54.1 Å². The molecule has 0 saturated carbocycles. The summed E-state index contributed by atoms with van der Waals surface area (Å²) in [5.74, 6) is 1.14. The van der Waals surface area contributed by atoms with Crippen molar-refractivity contribution in [1.82, 2.24) is 19.8 Å². The molecule has 5 heteroatoms. The highest BCUT2D eigenvalue weighted by molar-refractivity contribution is 5.83. The molecule has 2 aliphatic heterocycles. The van der Waals surface area contributed by atoms with E-state index >= 15 is 0 Å². The number of fused-ring (bicyclic) bond motifs is 2. The normalized spacial score (nSPS) is 25.1. The summed E-state index contributed by atoms with van der Waals surface area (Å²) in [6.07, 6.45) is 6.78. The van der Waals surface area contributed by atoms with E-state index in [4.69, 9.17) is 0 Å². The van der Waals surface area contributed by atoms with Crippen molar-refractivity contribution in [3.8, 4) is 0 Å². The van der Waals surface area contributed by atoms with Crippen LogP contribution >= 0.6 is 0 Å². The monoisotopic (exact) mass is 324 g/mol. The van der Waals surface area contributed by atoms with Gasteiger partial charge in [0.2, 0.25) is 5.91 Å². The summed E-state index contributed by atoms with van der Waals surface area (Å²) in [7, 11) is 0. The van der Waals surface area contributed by atoms with Crippen LogP contribution in [0.25, 0.3) is 0 Å². The molecular formula is C19H24N4O. The fourth-order valence-corrected chi connectivity index (χ4v) is 3.98. The quantitative estimate of drug-likeness (QED) is 0.882. The number of imidazole rings is 1. The molecule has 1 aromatic carbocycles. The molecule has 2 bridgehead atoms. The number of aromatic nitrogens is 2. The second-order valence-corrected chi connectivity index (χ2v) is 7.01. The second-order valence-electron chi connectivity index (χ2n) is 7.01. The predicted octanol–water partition coefficient (Wildman–Crippen LogP) is 1.84. The van der Waals surface area contributed by atoms with Gasteiger partial charge in [0.05, 0.1) is 12.0 Å². The third kappa shape index (κ3) is 2.96. The maximum Gasteiger partial charge on any atom is 0.227 e. The number of carbonyl (C=O) groups excluding carboxylic acids is 1. The van der Waals surface area contributed by atoms with E-state index < -0.39 is 0 Å². The van der Waals surface area contributed by atoms with Crippen LogP contribution < -0.4 is 5.32 Å². The van der Waals surface area contributed by atoms with Crippen molar-refractivity contribution >= 4 is 5.91 Å². The van der Waals surface area contributed by atoms with Gasteiger partial charge in [-0.25, -0.2) is 4.98 Å². The van der Waals surface area contributed by atoms with Gasteiger partial charge in [0, 0.05) is 25.5 Å². The average molecular weight is 324 g/mol. The summed E-state index contributed by atoms with van der Waals surface area (Å²) in [4.78, 5) is 19.4. The van der Waals surface area contributed by atoms with Gasteiger partial charge in [-0.1, -0.05) is 30.3 Å². The van der Waals surface area contributed by atoms with Gasteiger partial charge in [-0.05, 0) is 37.9 Å². The summed E-state index contributed by atoms with van der Waals surface area (Å²) in [6.45, 7) is 4.47. The van der Waals surface area contributed by atoms with E-state index in [0.29, 0.717) is 6.54 Å². The van der Waals surface area contributed by atoms with E-state index in [0.717, 1.165) is 51.3 Å². The Morgan fingerprint density at radius 3 is 2.71 bits per heavy atom. The second kappa shape index (κ2) is 6.40. The molecule has 126 valence electrons. The van der Waals surface area contributed by atoms with Gasteiger partial charge >= 0.3 is 0 Å². The molecule has 1 aromatic heterocycles. The number of carbonyl (C=O) groups is 1. The zero-order chi connectivity index (χ0) is 16.4. The predicted molar refractivity (Wildman–Crippen MR) is 92.3 cm³/mol. The Kier molecular flexibility index (Phi) is 4.10. The highest BCUT2D eigenvalue weighted by Crippen LogP contribution is 2.40. The van der Waals surface area contributed by atoms with Gasteiger partial charge in [-0.2, -0.15) is 0 Å². The minimum absolute atomic E-state index is 0.137. The first-order valence-electron chi connectivity index (χ1n) is 8.80. The number of nitrogens with zero attached hydrogens (tertiary/aromatic N) is 3. The highest BCUT2D eigenvalue weighted by atomic mass is 16.2. The molecule has 0 spiro atoms. The van der Waals surface area contributed by atoms with Crippen LogP contribution in [0.1, 0.15) is 24.2 Å². The minimum atomic E-state index is -0.137. The van der Waals surface area contributed by atoms with Crippen LogP contribution in [0.2, 0.25) is 0 Å². The Bertz CT molecular complexity index is 701. The molecule has 2 fully saturated rings. The van der Waals surface area contributed by atoms with Crippen molar-refractivity contribution in [3.63, 3.8) is 0 Å². The van der Waals surface area contributed by atoms with Gasteiger partial charge in [0.1, 0.15) is 5.82 Å². The van der Waals surface area contributed by atoms with Crippen molar-refractivity contribution in [2.24, 2.45) is 5.41 Å². The Labute approximate surface area is 142 Å². The molecular weight excluding hydrogens is 300 g/mol. The lowest BCUT2D eigenvalue weighted by molar-refractivity contribution is -0.130. The first kappa shape index (κ1) is 15.4. The fourth-order valence-electron chi connectivity index (χ4n) is 3.98. The van der Waals surface area contributed by atoms with E-state index in [1.807, 2.05) is 18.5 Å². The van der Waals surface area contributed by atoms with Gasteiger partial charge in [-0.15, -0.1) is 0 Å². The van der Waals surface area contributed by atoms with E-state index in [9.17, 15) is 4.79 Å². The third-order valence-electron chi connectivity index (χ3n) is 5.51. The number of rotatable bonds is 6. The van der Waals surface area contributed by atoms with Crippen LogP contribution in [0.3, 0.4) is 0 Å². The van der Waals surface area contributed by atoms with Crippen LogP contribution in [0.4, 0.5) is 0 Å². The number of amides is 1. The van der Waals surface area contributed by atoms with Gasteiger partial charge in [-0.3, -0.25) is 4.79 Å². The molecule has 24 heavy (non-hydrogen) atoms. The Morgan fingerprint density at radius 2 is 2.00 bits per heavy atom. The zero-order valence-corrected chi connectivity index (χ0v) is 13.9. The van der Waals surface area contributed by atoms with Gasteiger partial charge in [0.15, 0.2) is 0 Å². The van der Waals surface area contributed by atoms with Crippen LogP contribution in [-0.2, 0) is 24.3 Å². The molecule has 0 aliphatic carbocycles. The topological polar surface area (TPSA) is 50.2 Å². The number of benzene rings is 1. The maximum absolute atomic E-state index is 12.6. The highest BCUT2D eigenvalue weighted by Gasteiger charge is 2.48. The summed E-state index contributed by atoms with van der Waals surface area (Å²) in [6, 6.07) is 10.5. The molecule has 2 aromatic rings. The maximum atomic E-state index is 12.6. The molecule has 0 radical (unpaired) electrons. The summed E-state index contributed by atoms with van der Waals surface area (Å²) < 4.78 is 2.14. The van der Waals surface area contributed by atoms with Gasteiger partial charge < -0.3 is 14.8 Å².